The third-order valence-corrected chi connectivity index (χ3v) is 4.37. The number of hydrogen-bond acceptors (Lipinski definition) is 3. The summed E-state index contributed by atoms with van der Waals surface area (Å²) < 4.78 is 9.10. The van der Waals surface area contributed by atoms with Gasteiger partial charge in [-0.2, -0.15) is 0 Å². The van der Waals surface area contributed by atoms with Gasteiger partial charge >= 0.3 is 22.1 Å². The van der Waals surface area contributed by atoms with Crippen LogP contribution < -0.4 is 0 Å². The van der Waals surface area contributed by atoms with Crippen molar-refractivity contribution in [2.24, 2.45) is 11.8 Å². The Hall–Kier alpha value is -1.01. The summed E-state index contributed by atoms with van der Waals surface area (Å²) in [7, 11) is 0. The number of benzene rings is 2. The molecule has 0 spiro atoms. The molecule has 0 saturated heterocycles. The average Bonchev–Trinajstić information content (AvgIpc) is 2.57. The third kappa shape index (κ3) is 5.81. The van der Waals surface area contributed by atoms with E-state index in [4.69, 9.17) is 3.54 Å². The topological polar surface area (TPSA) is 54.4 Å². The Morgan fingerprint density at radius 2 is 1.50 bits per heavy atom. The maximum atomic E-state index is 12.7. The minimum absolute atomic E-state index is 0. The van der Waals surface area contributed by atoms with Crippen LogP contribution in [0.15, 0.2) is 59.1 Å². The van der Waals surface area contributed by atoms with E-state index in [1.54, 1.807) is 12.1 Å². The zero-order valence-corrected chi connectivity index (χ0v) is 18.0. The number of aliphatic hydroxyl groups is 1. The van der Waals surface area contributed by atoms with Crippen molar-refractivity contribution in [3.63, 3.8) is 0 Å². The molecule has 2 atom stereocenters. The third-order valence-electron chi connectivity index (χ3n) is 3.64. The van der Waals surface area contributed by atoms with Crippen LogP contribution >= 0.6 is 15.9 Å². The fourth-order valence-electron chi connectivity index (χ4n) is 2.51. The number of rotatable bonds is 5. The van der Waals surface area contributed by atoms with E-state index in [1.165, 1.54) is 0 Å². The monoisotopic (exact) mass is 569 g/mol. The van der Waals surface area contributed by atoms with Gasteiger partial charge in [-0.25, -0.2) is 0 Å². The van der Waals surface area contributed by atoms with Crippen molar-refractivity contribution in [1.82, 2.24) is 0 Å². The van der Waals surface area contributed by atoms with E-state index >= 15 is 0 Å². The van der Waals surface area contributed by atoms with Crippen molar-refractivity contribution in [2.45, 2.75) is 20.0 Å². The van der Waals surface area contributed by atoms with Gasteiger partial charge in [0.1, 0.15) is 0 Å². The second-order valence-electron chi connectivity index (χ2n) is 5.47. The van der Waals surface area contributed by atoms with Crippen molar-refractivity contribution in [3.8, 4) is 0 Å². The first-order valence-electron chi connectivity index (χ1n) is 7.18. The first-order chi connectivity index (χ1) is 11.0. The molecular formula is C19H22BrO3Os-. The summed E-state index contributed by atoms with van der Waals surface area (Å²) in [5.74, 6) is -0.445. The molecule has 1 N–H and O–H groups in total. The molecule has 0 aliphatic rings. The fourth-order valence-corrected chi connectivity index (χ4v) is 3.03. The standard InChI is InChI=1S/C18H19BrO2.CH3.O.Os/c1-12(2)16(17(20)13-8-4-3-5-9-13)18(21)14-10-6-7-11-15(14)19;;;/h3-12,16,18,21H,1-2H3;1H3;;/q;-1;;. The first kappa shape index (κ1) is 23.0. The molecule has 0 amide bonds. The van der Waals surface area contributed by atoms with Crippen molar-refractivity contribution < 1.29 is 32.0 Å². The summed E-state index contributed by atoms with van der Waals surface area (Å²) in [6.07, 6.45) is -0.826. The van der Waals surface area contributed by atoms with Crippen LogP contribution in [0.2, 0.25) is 0 Å². The summed E-state index contributed by atoms with van der Waals surface area (Å²) in [5, 5.41) is 10.7. The molecular weight excluding hydrogens is 546 g/mol. The Morgan fingerprint density at radius 3 is 2.00 bits per heavy atom. The van der Waals surface area contributed by atoms with E-state index in [2.05, 4.69) is 15.9 Å². The molecule has 5 heteroatoms. The number of carbonyl (C=O) groups excluding carboxylic acids is 1. The minimum atomic E-state index is -0.826. The Kier molecular flexibility index (Phi) is 11.0. The van der Waals surface area contributed by atoms with E-state index in [9.17, 15) is 9.90 Å². The van der Waals surface area contributed by atoms with E-state index in [0.29, 0.717) is 24.1 Å². The molecule has 0 aromatic heterocycles. The van der Waals surface area contributed by atoms with Gasteiger partial charge in [0, 0.05) is 10.0 Å². The van der Waals surface area contributed by atoms with Crippen LogP contribution in [0.3, 0.4) is 0 Å². The Morgan fingerprint density at radius 1 is 1.00 bits per heavy atom. The van der Waals surface area contributed by atoms with Gasteiger partial charge in [-0.1, -0.05) is 78.3 Å². The van der Waals surface area contributed by atoms with E-state index in [0.717, 1.165) is 10.0 Å². The summed E-state index contributed by atoms with van der Waals surface area (Å²) in [5.41, 5.74) is 1.39. The number of aliphatic hydroxyl groups excluding tert-OH is 1. The Balaban J connectivity index is 0.00000170. The number of hydrogen-bond donors (Lipinski definition) is 1. The number of halogens is 1. The van der Waals surface area contributed by atoms with Gasteiger partial charge in [0.2, 0.25) is 0 Å². The van der Waals surface area contributed by atoms with Crippen LogP contribution in [0.5, 0.6) is 0 Å². The fraction of sp³-hybridized carbons (Fsp3) is 0.263. The normalized spacial score (nSPS) is 12.4. The van der Waals surface area contributed by atoms with Crippen LogP contribution in [0.25, 0.3) is 0 Å². The molecule has 2 aromatic carbocycles. The molecule has 0 aliphatic carbocycles. The van der Waals surface area contributed by atoms with E-state index < -0.39 is 12.0 Å². The molecule has 0 aliphatic heterocycles. The Labute approximate surface area is 162 Å². The van der Waals surface area contributed by atoms with Gasteiger partial charge in [0.05, 0.1) is 12.0 Å². The van der Waals surface area contributed by atoms with Crippen molar-refractivity contribution in [3.05, 3.63) is 77.6 Å². The average molecular weight is 569 g/mol. The van der Waals surface area contributed by atoms with Crippen molar-refractivity contribution >= 4 is 21.7 Å². The van der Waals surface area contributed by atoms with E-state index in [1.807, 2.05) is 56.3 Å². The van der Waals surface area contributed by atoms with Gasteiger partial charge in [0.15, 0.2) is 5.78 Å². The quantitative estimate of drug-likeness (QED) is 0.410. The second-order valence-corrected chi connectivity index (χ2v) is 6.32. The van der Waals surface area contributed by atoms with Crippen LogP contribution in [0.4, 0.5) is 0 Å². The van der Waals surface area contributed by atoms with Gasteiger partial charge in [-0.05, 0) is 17.5 Å². The first-order valence-corrected chi connectivity index (χ1v) is 9.01. The summed E-state index contributed by atoms with van der Waals surface area (Å²) >= 11 is 4.06. The molecule has 24 heavy (non-hydrogen) atoms. The van der Waals surface area contributed by atoms with Crippen LogP contribution in [-0.2, 0) is 22.1 Å². The zero-order valence-electron chi connectivity index (χ0n) is 13.9. The van der Waals surface area contributed by atoms with Crippen LogP contribution in [0.1, 0.15) is 35.9 Å². The van der Waals surface area contributed by atoms with Gasteiger partial charge in [-0.3, -0.25) is 4.79 Å². The summed E-state index contributed by atoms with van der Waals surface area (Å²) in [6.45, 7) is 3.93. The zero-order chi connectivity index (χ0) is 17.4. The molecule has 0 bridgehead atoms. The number of ketones is 1. The molecule has 2 rings (SSSR count). The molecule has 132 valence electrons. The molecule has 2 unspecified atom stereocenters. The summed E-state index contributed by atoms with van der Waals surface area (Å²) in [4.78, 5) is 12.7. The van der Waals surface area contributed by atoms with E-state index in [-0.39, 0.29) is 19.1 Å². The maximum absolute atomic E-state index is 12.7. The van der Waals surface area contributed by atoms with Gasteiger partial charge < -0.3 is 12.5 Å². The molecule has 0 fully saturated rings. The van der Waals surface area contributed by atoms with Crippen molar-refractivity contribution in [2.75, 3.05) is 0 Å². The molecule has 0 saturated carbocycles. The molecule has 0 radical (unpaired) electrons. The predicted molar refractivity (Wildman–Crippen MR) is 95.3 cm³/mol. The molecule has 2 aromatic rings. The summed E-state index contributed by atoms with van der Waals surface area (Å²) in [6, 6.07) is 16.6. The van der Waals surface area contributed by atoms with Crippen LogP contribution in [0, 0.1) is 19.3 Å². The van der Waals surface area contributed by atoms with Crippen molar-refractivity contribution in [1.29, 1.82) is 0 Å². The molecule has 3 nitrogen and oxygen atoms in total. The SMILES string of the molecule is CC(C)C(C(=O)c1ccccc1)C(O)c1ccccc1Br.[CH3-].[O]=[Os]. The predicted octanol–water partition coefficient (Wildman–Crippen LogP) is 4.97. The Bertz CT molecular complexity index is 632. The number of Topliss-reactive ketones (excluding diaryl/α,β-unsaturated/α-hetero) is 1. The van der Waals surface area contributed by atoms with Crippen LogP contribution in [-0.4, -0.2) is 10.9 Å². The second kappa shape index (κ2) is 11.5. The van der Waals surface area contributed by atoms with Gasteiger partial charge in [0.25, 0.3) is 0 Å². The molecule has 0 heterocycles. The number of carbonyl (C=O) groups is 1. The van der Waals surface area contributed by atoms with Gasteiger partial charge in [-0.15, -0.1) is 0 Å².